The molecule has 0 N–H and O–H groups in total. The highest BCUT2D eigenvalue weighted by Gasteiger charge is 2.42. The average molecular weight is 234 g/mol. The Morgan fingerprint density at radius 2 is 1.44 bits per heavy atom. The van der Waals surface area contributed by atoms with Gasteiger partial charge < -0.3 is 0 Å². The summed E-state index contributed by atoms with van der Waals surface area (Å²) >= 11 is 0. The zero-order valence-corrected chi connectivity index (χ0v) is 10.8. The molecule has 0 heterocycles. The fourth-order valence-corrected chi connectivity index (χ4v) is 4.02. The molecular formula is C18H18. The van der Waals surface area contributed by atoms with Crippen molar-refractivity contribution in [3.8, 4) is 0 Å². The van der Waals surface area contributed by atoms with Crippen LogP contribution in [-0.2, 0) is 6.42 Å². The minimum Gasteiger partial charge on any atom is -0.0620 e. The fourth-order valence-electron chi connectivity index (χ4n) is 4.02. The quantitative estimate of drug-likeness (QED) is 0.629. The van der Waals surface area contributed by atoms with Crippen molar-refractivity contribution >= 4 is 0 Å². The lowest BCUT2D eigenvalue weighted by molar-refractivity contribution is 0.228. The number of fused-ring (bicyclic) bond motifs is 5. The Kier molecular flexibility index (Phi) is 2.14. The molecule has 0 aliphatic heterocycles. The molecule has 2 aromatic rings. The normalized spacial score (nSPS) is 28.4. The second-order valence-electron chi connectivity index (χ2n) is 5.92. The molecule has 4 rings (SSSR count). The molecule has 18 heavy (non-hydrogen) atoms. The molecule has 0 radical (unpaired) electrons. The Balaban J connectivity index is 1.94. The summed E-state index contributed by atoms with van der Waals surface area (Å²) in [7, 11) is 0. The lowest BCUT2D eigenvalue weighted by Crippen LogP contribution is -2.30. The van der Waals surface area contributed by atoms with Crippen molar-refractivity contribution < 1.29 is 0 Å². The van der Waals surface area contributed by atoms with Gasteiger partial charge >= 0.3 is 0 Å². The molecule has 0 aromatic heterocycles. The molecule has 2 aromatic carbocycles. The Morgan fingerprint density at radius 1 is 0.833 bits per heavy atom. The first-order valence-corrected chi connectivity index (χ1v) is 7.00. The Morgan fingerprint density at radius 3 is 2.17 bits per heavy atom. The molecule has 2 aliphatic rings. The van der Waals surface area contributed by atoms with Crippen molar-refractivity contribution in [1.82, 2.24) is 0 Å². The van der Waals surface area contributed by atoms with Crippen molar-refractivity contribution in [2.45, 2.75) is 31.6 Å². The second kappa shape index (κ2) is 3.71. The van der Waals surface area contributed by atoms with Gasteiger partial charge in [-0.25, -0.2) is 0 Å². The summed E-state index contributed by atoms with van der Waals surface area (Å²) in [4.78, 5) is 0. The van der Waals surface area contributed by atoms with Crippen molar-refractivity contribution in [3.63, 3.8) is 0 Å². The molecule has 90 valence electrons. The van der Waals surface area contributed by atoms with Gasteiger partial charge in [0, 0.05) is 0 Å². The largest absolute Gasteiger partial charge is 0.0620 e. The molecule has 0 saturated heterocycles. The highest BCUT2D eigenvalue weighted by atomic mass is 14.5. The lowest BCUT2D eigenvalue weighted by atomic mass is 9.60. The Hall–Kier alpha value is -1.56. The predicted molar refractivity (Wildman–Crippen MR) is 75.0 cm³/mol. The summed E-state index contributed by atoms with van der Waals surface area (Å²) in [6.45, 7) is 2.41. The molecule has 1 saturated carbocycles. The van der Waals surface area contributed by atoms with E-state index < -0.39 is 0 Å². The zero-order chi connectivity index (χ0) is 12.1. The fraction of sp³-hybridized carbons (Fsp3) is 0.333. The van der Waals surface area contributed by atoms with Crippen molar-refractivity contribution in [2.75, 3.05) is 0 Å². The molecule has 2 aliphatic carbocycles. The monoisotopic (exact) mass is 234 g/mol. The van der Waals surface area contributed by atoms with Crippen LogP contribution in [0.15, 0.2) is 48.5 Å². The van der Waals surface area contributed by atoms with E-state index in [1.54, 1.807) is 22.3 Å². The van der Waals surface area contributed by atoms with Gasteiger partial charge in [-0.15, -0.1) is 0 Å². The smallest absolute Gasteiger partial charge is 0.00201 e. The van der Waals surface area contributed by atoms with Crippen LogP contribution >= 0.6 is 0 Å². The van der Waals surface area contributed by atoms with Crippen LogP contribution in [0.2, 0.25) is 0 Å². The maximum Gasteiger partial charge on any atom is -0.00201 e. The highest BCUT2D eigenvalue weighted by molar-refractivity contribution is 5.47. The first kappa shape index (κ1) is 10.4. The van der Waals surface area contributed by atoms with Gasteiger partial charge in [-0.05, 0) is 52.8 Å². The van der Waals surface area contributed by atoms with Gasteiger partial charge in [0.05, 0.1) is 0 Å². The topological polar surface area (TPSA) is 0 Å². The summed E-state index contributed by atoms with van der Waals surface area (Å²) in [5, 5.41) is 0. The van der Waals surface area contributed by atoms with Gasteiger partial charge in [0.25, 0.3) is 0 Å². The number of hydrogen-bond donors (Lipinski definition) is 0. The maximum absolute atomic E-state index is 2.41. The van der Waals surface area contributed by atoms with E-state index in [9.17, 15) is 0 Å². The van der Waals surface area contributed by atoms with Crippen LogP contribution in [0.5, 0.6) is 0 Å². The minimum absolute atomic E-state index is 0.754. The molecule has 3 atom stereocenters. The van der Waals surface area contributed by atoms with E-state index in [0.717, 1.165) is 24.2 Å². The van der Waals surface area contributed by atoms with Gasteiger partial charge in [0.15, 0.2) is 0 Å². The van der Waals surface area contributed by atoms with Gasteiger partial charge in [-0.1, -0.05) is 55.5 Å². The van der Waals surface area contributed by atoms with E-state index >= 15 is 0 Å². The molecule has 3 unspecified atom stereocenters. The molecule has 0 bridgehead atoms. The van der Waals surface area contributed by atoms with E-state index in [4.69, 9.17) is 0 Å². The van der Waals surface area contributed by atoms with Crippen molar-refractivity contribution in [1.29, 1.82) is 0 Å². The SMILES string of the molecule is CC1CC2c3ccccc3Cc3ccccc3C12. The van der Waals surface area contributed by atoms with Crippen LogP contribution in [0.4, 0.5) is 0 Å². The molecular weight excluding hydrogens is 216 g/mol. The third kappa shape index (κ3) is 1.32. The van der Waals surface area contributed by atoms with Gasteiger partial charge in [0.2, 0.25) is 0 Å². The summed E-state index contributed by atoms with van der Waals surface area (Å²) in [6.07, 6.45) is 2.47. The predicted octanol–water partition coefficient (Wildman–Crippen LogP) is 4.50. The zero-order valence-electron chi connectivity index (χ0n) is 10.8. The van der Waals surface area contributed by atoms with Gasteiger partial charge in [-0.2, -0.15) is 0 Å². The number of hydrogen-bond acceptors (Lipinski definition) is 0. The first-order chi connectivity index (χ1) is 8.84. The van der Waals surface area contributed by atoms with Gasteiger partial charge in [-0.3, -0.25) is 0 Å². The first-order valence-electron chi connectivity index (χ1n) is 7.00. The average Bonchev–Trinajstić information content (AvgIpc) is 2.49. The van der Waals surface area contributed by atoms with Crippen LogP contribution in [0.1, 0.15) is 47.4 Å². The molecule has 1 fully saturated rings. The molecule has 0 heteroatoms. The summed E-state index contributed by atoms with van der Waals surface area (Å²) in [5.41, 5.74) is 6.31. The van der Waals surface area contributed by atoms with Crippen LogP contribution in [-0.4, -0.2) is 0 Å². The Bertz CT molecular complexity index is 596. The number of rotatable bonds is 0. The van der Waals surface area contributed by atoms with E-state index in [2.05, 4.69) is 55.5 Å². The molecule has 0 amide bonds. The highest BCUT2D eigenvalue weighted by Crippen LogP contribution is 2.56. The Labute approximate surface area is 109 Å². The van der Waals surface area contributed by atoms with E-state index in [-0.39, 0.29) is 0 Å². The second-order valence-corrected chi connectivity index (χ2v) is 5.92. The van der Waals surface area contributed by atoms with Crippen LogP contribution in [0.3, 0.4) is 0 Å². The van der Waals surface area contributed by atoms with Crippen LogP contribution < -0.4 is 0 Å². The third-order valence-corrected chi connectivity index (χ3v) is 4.92. The summed E-state index contributed by atoms with van der Waals surface area (Å²) in [5.74, 6) is 2.35. The van der Waals surface area contributed by atoms with E-state index in [0.29, 0.717) is 0 Å². The van der Waals surface area contributed by atoms with E-state index in [1.807, 2.05) is 0 Å². The third-order valence-electron chi connectivity index (χ3n) is 4.92. The summed E-state index contributed by atoms with van der Waals surface area (Å²) in [6, 6.07) is 18.1. The summed E-state index contributed by atoms with van der Waals surface area (Å²) < 4.78 is 0. The van der Waals surface area contributed by atoms with Crippen molar-refractivity contribution in [3.05, 3.63) is 70.8 Å². The van der Waals surface area contributed by atoms with Crippen LogP contribution in [0.25, 0.3) is 0 Å². The molecule has 0 nitrogen and oxygen atoms in total. The van der Waals surface area contributed by atoms with Crippen LogP contribution in [0, 0.1) is 5.92 Å². The minimum atomic E-state index is 0.754. The molecule has 0 spiro atoms. The standard InChI is InChI=1S/C18H18/c1-12-10-17-15-8-4-2-6-13(15)11-14-7-3-5-9-16(14)18(12)17/h2-9,12,17-18H,10-11H2,1H3. The van der Waals surface area contributed by atoms with Crippen molar-refractivity contribution in [2.24, 2.45) is 5.92 Å². The van der Waals surface area contributed by atoms with E-state index in [1.165, 1.54) is 6.42 Å². The number of benzene rings is 2. The lowest BCUT2D eigenvalue weighted by Gasteiger charge is -2.44. The van der Waals surface area contributed by atoms with Gasteiger partial charge in [0.1, 0.15) is 0 Å². The maximum atomic E-state index is 2.41.